The van der Waals surface area contributed by atoms with Crippen molar-refractivity contribution in [3.05, 3.63) is 65.9 Å². The number of hydrogen-bond acceptors (Lipinski definition) is 4. The largest absolute Gasteiger partial charge is 0.378 e. The van der Waals surface area contributed by atoms with Crippen LogP contribution in [0.2, 0.25) is 0 Å². The molecule has 1 aromatic heterocycles. The predicted octanol–water partition coefficient (Wildman–Crippen LogP) is 2.99. The normalized spacial score (nSPS) is 10.8. The van der Waals surface area contributed by atoms with E-state index in [4.69, 9.17) is 5.26 Å². The molecule has 6 nitrogen and oxygen atoms in total. The van der Waals surface area contributed by atoms with E-state index in [1.165, 1.54) is 0 Å². The van der Waals surface area contributed by atoms with Crippen molar-refractivity contribution < 1.29 is 4.79 Å². The summed E-state index contributed by atoms with van der Waals surface area (Å²) in [6.07, 6.45) is 3.46. The molecule has 0 atom stereocenters. The zero-order valence-electron chi connectivity index (χ0n) is 14.7. The van der Waals surface area contributed by atoms with Gasteiger partial charge in [-0.05, 0) is 24.3 Å². The third-order valence-corrected chi connectivity index (χ3v) is 4.05. The third kappa shape index (κ3) is 3.57. The first kappa shape index (κ1) is 17.2. The monoisotopic (exact) mass is 345 g/mol. The second-order valence-electron chi connectivity index (χ2n) is 6.03. The molecule has 3 rings (SSSR count). The number of fused-ring (bicyclic) bond motifs is 1. The minimum atomic E-state index is -0.272. The van der Waals surface area contributed by atoms with E-state index in [1.807, 2.05) is 72.2 Å². The third-order valence-electron chi connectivity index (χ3n) is 4.05. The molecule has 130 valence electrons. The maximum absolute atomic E-state index is 12.3. The molecule has 0 fully saturated rings. The summed E-state index contributed by atoms with van der Waals surface area (Å²) >= 11 is 0. The fourth-order valence-electron chi connectivity index (χ4n) is 2.74. The molecule has 0 saturated heterocycles. The Morgan fingerprint density at radius 2 is 2.08 bits per heavy atom. The van der Waals surface area contributed by atoms with Crippen LogP contribution in [0.5, 0.6) is 0 Å². The van der Waals surface area contributed by atoms with Gasteiger partial charge in [0.2, 0.25) is 0 Å². The summed E-state index contributed by atoms with van der Waals surface area (Å²) in [5.41, 5.74) is 5.85. The SMILES string of the molecule is CN(C)c1cccc(C(=O)N/N=C\c2cn(CC#N)c3ccccc23)c1. The van der Waals surface area contributed by atoms with Gasteiger partial charge in [0.05, 0.1) is 12.3 Å². The van der Waals surface area contributed by atoms with Gasteiger partial charge in [-0.25, -0.2) is 5.43 Å². The maximum atomic E-state index is 12.3. The van der Waals surface area contributed by atoms with Gasteiger partial charge >= 0.3 is 0 Å². The number of nitrogens with one attached hydrogen (secondary N) is 1. The molecule has 0 saturated carbocycles. The molecule has 0 aliphatic rings. The maximum Gasteiger partial charge on any atom is 0.271 e. The van der Waals surface area contributed by atoms with E-state index in [0.29, 0.717) is 5.56 Å². The lowest BCUT2D eigenvalue weighted by Gasteiger charge is -2.12. The molecule has 2 aromatic carbocycles. The first-order chi connectivity index (χ1) is 12.6. The van der Waals surface area contributed by atoms with Crippen LogP contribution < -0.4 is 10.3 Å². The van der Waals surface area contributed by atoms with E-state index in [2.05, 4.69) is 16.6 Å². The summed E-state index contributed by atoms with van der Waals surface area (Å²) in [5, 5.41) is 14.0. The van der Waals surface area contributed by atoms with Crippen molar-refractivity contribution in [3.63, 3.8) is 0 Å². The van der Waals surface area contributed by atoms with Gasteiger partial charge in [0.15, 0.2) is 0 Å². The molecule has 0 aliphatic carbocycles. The molecule has 1 heterocycles. The molecule has 0 spiro atoms. The molecule has 0 aliphatic heterocycles. The zero-order chi connectivity index (χ0) is 18.5. The highest BCUT2D eigenvalue weighted by Crippen LogP contribution is 2.19. The molecular formula is C20H19N5O. The van der Waals surface area contributed by atoms with Crippen molar-refractivity contribution in [3.8, 4) is 6.07 Å². The van der Waals surface area contributed by atoms with Crippen LogP contribution in [0.1, 0.15) is 15.9 Å². The highest BCUT2D eigenvalue weighted by atomic mass is 16.2. The Hall–Kier alpha value is -3.59. The average Bonchev–Trinajstić information content (AvgIpc) is 3.00. The molecule has 1 amide bonds. The van der Waals surface area contributed by atoms with Gasteiger partial charge in [-0.15, -0.1) is 0 Å². The first-order valence-corrected chi connectivity index (χ1v) is 8.16. The number of amides is 1. The fourth-order valence-corrected chi connectivity index (χ4v) is 2.74. The molecule has 1 N–H and O–H groups in total. The number of carbonyl (C=O) groups is 1. The van der Waals surface area contributed by atoms with Gasteiger partial charge < -0.3 is 9.47 Å². The molecule has 26 heavy (non-hydrogen) atoms. The van der Waals surface area contributed by atoms with Crippen LogP contribution >= 0.6 is 0 Å². The van der Waals surface area contributed by atoms with Crippen LogP contribution in [0.25, 0.3) is 10.9 Å². The van der Waals surface area contributed by atoms with Gasteiger partial charge in [0.1, 0.15) is 6.54 Å². The number of nitrogens with zero attached hydrogens (tertiary/aromatic N) is 4. The number of para-hydroxylation sites is 1. The molecule has 0 unspecified atom stereocenters. The number of rotatable bonds is 5. The van der Waals surface area contributed by atoms with E-state index >= 15 is 0 Å². The van der Waals surface area contributed by atoms with Gasteiger partial charge in [0, 0.05) is 48.0 Å². The van der Waals surface area contributed by atoms with Gasteiger partial charge in [-0.2, -0.15) is 10.4 Å². The Labute approximate surface area is 152 Å². The van der Waals surface area contributed by atoms with Gasteiger partial charge in [-0.1, -0.05) is 24.3 Å². The minimum absolute atomic E-state index is 0.262. The van der Waals surface area contributed by atoms with Gasteiger partial charge in [-0.3, -0.25) is 4.79 Å². The Bertz CT molecular complexity index is 1010. The number of nitriles is 1. The summed E-state index contributed by atoms with van der Waals surface area (Å²) in [5.74, 6) is -0.272. The summed E-state index contributed by atoms with van der Waals surface area (Å²) in [7, 11) is 3.85. The van der Waals surface area contributed by atoms with E-state index in [9.17, 15) is 4.79 Å². The van der Waals surface area contributed by atoms with E-state index in [1.54, 1.807) is 12.3 Å². The Balaban J connectivity index is 1.79. The molecule has 6 heteroatoms. The van der Waals surface area contributed by atoms with E-state index < -0.39 is 0 Å². The summed E-state index contributed by atoms with van der Waals surface area (Å²) in [6, 6.07) is 17.3. The quantitative estimate of drug-likeness (QED) is 0.571. The topological polar surface area (TPSA) is 73.4 Å². The number of anilines is 1. The van der Waals surface area contributed by atoms with E-state index in [-0.39, 0.29) is 12.5 Å². The lowest BCUT2D eigenvalue weighted by Crippen LogP contribution is -2.18. The fraction of sp³-hybridized carbons (Fsp3) is 0.150. The van der Waals surface area contributed by atoms with Crippen molar-refractivity contribution in [2.24, 2.45) is 5.10 Å². The van der Waals surface area contributed by atoms with Gasteiger partial charge in [0.25, 0.3) is 5.91 Å². The Morgan fingerprint density at radius 3 is 2.85 bits per heavy atom. The predicted molar refractivity (Wildman–Crippen MR) is 103 cm³/mol. The lowest BCUT2D eigenvalue weighted by atomic mass is 10.2. The smallest absolute Gasteiger partial charge is 0.271 e. The van der Waals surface area contributed by atoms with Crippen LogP contribution in [-0.4, -0.2) is 30.8 Å². The Morgan fingerprint density at radius 1 is 1.27 bits per heavy atom. The Kier molecular flexibility index (Phi) is 4.99. The second kappa shape index (κ2) is 7.53. The first-order valence-electron chi connectivity index (χ1n) is 8.16. The number of hydrazone groups is 1. The van der Waals surface area contributed by atoms with Crippen LogP contribution in [0, 0.1) is 11.3 Å². The highest BCUT2D eigenvalue weighted by molar-refractivity contribution is 6.00. The number of benzene rings is 2. The highest BCUT2D eigenvalue weighted by Gasteiger charge is 2.08. The van der Waals surface area contributed by atoms with Crippen LogP contribution in [0.15, 0.2) is 59.8 Å². The molecule has 0 radical (unpaired) electrons. The van der Waals surface area contributed by atoms with Crippen molar-refractivity contribution in [1.29, 1.82) is 5.26 Å². The molecule has 0 bridgehead atoms. The summed E-state index contributed by atoms with van der Waals surface area (Å²) < 4.78 is 1.86. The van der Waals surface area contributed by atoms with E-state index in [0.717, 1.165) is 22.2 Å². The second-order valence-corrected chi connectivity index (χ2v) is 6.03. The minimum Gasteiger partial charge on any atom is -0.378 e. The van der Waals surface area contributed by atoms with Crippen LogP contribution in [-0.2, 0) is 6.54 Å². The van der Waals surface area contributed by atoms with Crippen LogP contribution in [0.4, 0.5) is 5.69 Å². The van der Waals surface area contributed by atoms with Crippen molar-refractivity contribution >= 4 is 28.7 Å². The standard InChI is InChI=1S/C20H19N5O/c1-24(2)17-7-5-6-15(12-17)20(26)23-22-13-16-14-25(11-10-21)19-9-4-3-8-18(16)19/h3-9,12-14H,11H2,1-2H3,(H,23,26)/b22-13-. The number of aromatic nitrogens is 1. The lowest BCUT2D eigenvalue weighted by molar-refractivity contribution is 0.0955. The van der Waals surface area contributed by atoms with Crippen molar-refractivity contribution in [1.82, 2.24) is 9.99 Å². The molecule has 3 aromatic rings. The zero-order valence-corrected chi connectivity index (χ0v) is 14.7. The number of carbonyl (C=O) groups excluding carboxylic acids is 1. The average molecular weight is 345 g/mol. The summed E-state index contributed by atoms with van der Waals surface area (Å²) in [6.45, 7) is 0.262. The van der Waals surface area contributed by atoms with Crippen LogP contribution in [0.3, 0.4) is 0 Å². The van der Waals surface area contributed by atoms with Crippen molar-refractivity contribution in [2.75, 3.05) is 19.0 Å². The van der Waals surface area contributed by atoms with Crippen molar-refractivity contribution in [2.45, 2.75) is 6.54 Å². The molecular weight excluding hydrogens is 326 g/mol. The summed E-state index contributed by atoms with van der Waals surface area (Å²) in [4.78, 5) is 14.2. The number of hydrogen-bond donors (Lipinski definition) is 1.